The molecule has 0 unspecified atom stereocenters. The van der Waals surface area contributed by atoms with E-state index in [4.69, 9.17) is 9.47 Å². The number of hydrogen-bond donors (Lipinski definition) is 1. The molecule has 0 bridgehead atoms. The zero-order chi connectivity index (χ0) is 21.1. The van der Waals surface area contributed by atoms with E-state index in [2.05, 4.69) is 25.2 Å². The van der Waals surface area contributed by atoms with Crippen molar-refractivity contribution in [2.45, 2.75) is 46.5 Å². The van der Waals surface area contributed by atoms with Crippen LogP contribution in [0.15, 0.2) is 24.3 Å². The average molecular weight is 380 g/mol. The molecule has 1 N–H and O–H groups in total. The lowest BCUT2D eigenvalue weighted by atomic mass is 9.77. The Balaban J connectivity index is 2.45. The number of hydrogen-bond acceptors (Lipinski definition) is 4. The first kappa shape index (κ1) is 21.3. The van der Waals surface area contributed by atoms with E-state index in [1.807, 2.05) is 32.9 Å². The highest BCUT2D eigenvalue weighted by Crippen LogP contribution is 2.36. The maximum atomic E-state index is 13.0. The van der Waals surface area contributed by atoms with Crippen LogP contribution in [0.4, 0.5) is 5.69 Å². The van der Waals surface area contributed by atoms with Gasteiger partial charge in [-0.15, -0.1) is 0 Å². The van der Waals surface area contributed by atoms with Crippen LogP contribution in [0.2, 0.25) is 0 Å². The number of anilines is 1. The third kappa shape index (κ3) is 3.96. The number of rotatable bonds is 6. The van der Waals surface area contributed by atoms with Gasteiger partial charge in [0.15, 0.2) is 11.5 Å². The summed E-state index contributed by atoms with van der Waals surface area (Å²) in [4.78, 5) is 13.0. The summed E-state index contributed by atoms with van der Waals surface area (Å²) in [5.74, 6) is 0.921. The molecule has 0 saturated carbocycles. The molecule has 28 heavy (non-hydrogen) atoms. The lowest BCUT2D eigenvalue weighted by Crippen LogP contribution is -2.21. The van der Waals surface area contributed by atoms with Gasteiger partial charge >= 0.3 is 0 Å². The molecule has 2 aromatic carbocycles. The van der Waals surface area contributed by atoms with Crippen LogP contribution in [0, 0.1) is 32.1 Å². The van der Waals surface area contributed by atoms with Crippen LogP contribution < -0.4 is 14.8 Å². The number of benzene rings is 2. The molecule has 2 aromatic rings. The van der Waals surface area contributed by atoms with Gasteiger partial charge < -0.3 is 14.8 Å². The van der Waals surface area contributed by atoms with E-state index >= 15 is 0 Å². The number of carbonyl (C=O) groups excluding carboxylic acids is 1. The summed E-state index contributed by atoms with van der Waals surface area (Å²) in [6.45, 7) is 9.95. The van der Waals surface area contributed by atoms with Crippen molar-refractivity contribution in [3.63, 3.8) is 0 Å². The fraction of sp³-hybridized carbons (Fsp3) is 0.391. The zero-order valence-corrected chi connectivity index (χ0v) is 17.7. The molecule has 5 heteroatoms. The minimum atomic E-state index is -0.303. The summed E-state index contributed by atoms with van der Waals surface area (Å²) in [7, 11) is 3.12. The number of nitriles is 1. The summed E-state index contributed by atoms with van der Waals surface area (Å²) in [6.07, 6.45) is 0.404. The van der Waals surface area contributed by atoms with Gasteiger partial charge in [0, 0.05) is 28.7 Å². The molecule has 0 aliphatic heterocycles. The summed E-state index contributed by atoms with van der Waals surface area (Å²) in [5, 5.41) is 12.2. The van der Waals surface area contributed by atoms with Crippen LogP contribution in [0.25, 0.3) is 0 Å². The molecule has 5 nitrogen and oxygen atoms in total. The number of methoxy groups -OCH3 is 2. The smallest absolute Gasteiger partial charge is 0.256 e. The largest absolute Gasteiger partial charge is 0.493 e. The first-order chi connectivity index (χ1) is 13.2. The van der Waals surface area contributed by atoms with Gasteiger partial charge in [0.1, 0.15) is 0 Å². The lowest BCUT2D eigenvalue weighted by molar-refractivity contribution is 0.102. The molecule has 0 radical (unpaired) electrons. The zero-order valence-electron chi connectivity index (χ0n) is 17.7. The fourth-order valence-corrected chi connectivity index (χ4v) is 3.83. The Hall–Kier alpha value is -3.00. The van der Waals surface area contributed by atoms with E-state index in [0.29, 0.717) is 29.0 Å². The Morgan fingerprint density at radius 3 is 2.32 bits per heavy atom. The molecule has 2 rings (SSSR count). The summed E-state index contributed by atoms with van der Waals surface area (Å²) in [5.41, 5.74) is 4.86. The van der Waals surface area contributed by atoms with Crippen molar-refractivity contribution in [3.8, 4) is 17.6 Å². The van der Waals surface area contributed by atoms with E-state index in [9.17, 15) is 10.1 Å². The first-order valence-electron chi connectivity index (χ1n) is 9.18. The average Bonchev–Trinajstić information content (AvgIpc) is 2.63. The molecular formula is C23H28N2O3. The Morgan fingerprint density at radius 1 is 1.07 bits per heavy atom. The van der Waals surface area contributed by atoms with Crippen LogP contribution in [-0.4, -0.2) is 20.1 Å². The monoisotopic (exact) mass is 380 g/mol. The predicted molar refractivity (Wildman–Crippen MR) is 111 cm³/mol. The highest BCUT2D eigenvalue weighted by atomic mass is 16.5. The van der Waals surface area contributed by atoms with E-state index in [1.165, 1.54) is 0 Å². The Labute approximate surface area is 167 Å². The summed E-state index contributed by atoms with van der Waals surface area (Å²) < 4.78 is 10.7. The quantitative estimate of drug-likeness (QED) is 0.759. The van der Waals surface area contributed by atoms with Crippen molar-refractivity contribution in [3.05, 3.63) is 52.1 Å². The van der Waals surface area contributed by atoms with E-state index in [-0.39, 0.29) is 11.3 Å². The molecule has 0 aromatic heterocycles. The fourth-order valence-electron chi connectivity index (χ4n) is 3.83. The number of amides is 1. The number of nitrogens with zero attached hydrogens (tertiary/aromatic N) is 1. The number of carbonyl (C=O) groups is 1. The Morgan fingerprint density at radius 2 is 1.75 bits per heavy atom. The number of ether oxygens (including phenoxy) is 2. The summed E-state index contributed by atoms with van der Waals surface area (Å²) in [6, 6.07) is 9.62. The molecule has 1 amide bonds. The molecule has 0 atom stereocenters. The molecule has 148 valence electrons. The standard InChI is InChI=1S/C23H28N2O3/c1-14-8-10-18(16(3)20(14)23(4,5)12-13-24)25-22(26)17-9-11-19(27-6)21(28-7)15(17)2/h8-11H,12H2,1-7H3,(H,25,26). The number of nitrogens with one attached hydrogen (secondary N) is 1. The van der Waals surface area contributed by atoms with Gasteiger partial charge in [-0.1, -0.05) is 19.9 Å². The van der Waals surface area contributed by atoms with Gasteiger partial charge in [-0.2, -0.15) is 5.26 Å². The highest BCUT2D eigenvalue weighted by Gasteiger charge is 2.26. The van der Waals surface area contributed by atoms with Gasteiger partial charge in [0.25, 0.3) is 5.91 Å². The second-order valence-corrected chi connectivity index (χ2v) is 7.58. The van der Waals surface area contributed by atoms with Crippen molar-refractivity contribution < 1.29 is 14.3 Å². The van der Waals surface area contributed by atoms with Crippen molar-refractivity contribution in [2.24, 2.45) is 0 Å². The normalized spacial score (nSPS) is 10.9. The Bertz CT molecular complexity index is 940. The van der Waals surface area contributed by atoms with Gasteiger partial charge in [-0.05, 0) is 55.7 Å². The lowest BCUT2D eigenvalue weighted by Gasteiger charge is -2.28. The van der Waals surface area contributed by atoms with Gasteiger partial charge in [0.2, 0.25) is 0 Å². The van der Waals surface area contributed by atoms with Crippen LogP contribution in [0.5, 0.6) is 11.5 Å². The topological polar surface area (TPSA) is 71.3 Å². The van der Waals surface area contributed by atoms with E-state index < -0.39 is 0 Å². The molecule has 0 aliphatic rings. The molecule has 0 aliphatic carbocycles. The van der Waals surface area contributed by atoms with Crippen molar-refractivity contribution in [1.82, 2.24) is 0 Å². The van der Waals surface area contributed by atoms with E-state index in [1.54, 1.807) is 26.4 Å². The molecule has 0 spiro atoms. The second kappa shape index (κ2) is 8.35. The maximum Gasteiger partial charge on any atom is 0.256 e. The van der Waals surface area contributed by atoms with Crippen LogP contribution >= 0.6 is 0 Å². The van der Waals surface area contributed by atoms with Crippen LogP contribution in [0.1, 0.15) is 52.9 Å². The maximum absolute atomic E-state index is 13.0. The van der Waals surface area contributed by atoms with Crippen molar-refractivity contribution in [1.29, 1.82) is 5.26 Å². The first-order valence-corrected chi connectivity index (χ1v) is 9.18. The van der Waals surface area contributed by atoms with Crippen LogP contribution in [0.3, 0.4) is 0 Å². The minimum Gasteiger partial charge on any atom is -0.493 e. The Kier molecular flexibility index (Phi) is 6.35. The van der Waals surface area contributed by atoms with E-state index in [0.717, 1.165) is 22.4 Å². The number of aryl methyl sites for hydroxylation is 1. The third-order valence-corrected chi connectivity index (χ3v) is 5.16. The molecule has 0 fully saturated rings. The highest BCUT2D eigenvalue weighted by molar-refractivity contribution is 6.06. The third-order valence-electron chi connectivity index (χ3n) is 5.16. The predicted octanol–water partition coefficient (Wildman–Crippen LogP) is 5.07. The van der Waals surface area contributed by atoms with Gasteiger partial charge in [-0.25, -0.2) is 0 Å². The van der Waals surface area contributed by atoms with Crippen LogP contribution in [-0.2, 0) is 5.41 Å². The SMILES string of the molecule is COc1ccc(C(=O)Nc2ccc(C)c(C(C)(C)CC#N)c2C)c(C)c1OC. The second-order valence-electron chi connectivity index (χ2n) is 7.58. The van der Waals surface area contributed by atoms with Gasteiger partial charge in [0.05, 0.1) is 20.3 Å². The molecule has 0 saturated heterocycles. The molecule has 0 heterocycles. The van der Waals surface area contributed by atoms with Gasteiger partial charge in [-0.3, -0.25) is 4.79 Å². The van der Waals surface area contributed by atoms with Crippen molar-refractivity contribution in [2.75, 3.05) is 19.5 Å². The molecular weight excluding hydrogens is 352 g/mol. The minimum absolute atomic E-state index is 0.213. The summed E-state index contributed by atoms with van der Waals surface area (Å²) >= 11 is 0. The van der Waals surface area contributed by atoms with Crippen molar-refractivity contribution >= 4 is 11.6 Å².